The quantitative estimate of drug-likeness (QED) is 0.460. The van der Waals surface area contributed by atoms with Crippen molar-refractivity contribution in [2.45, 2.75) is 20.1 Å². The molecule has 2 heterocycles. The minimum Gasteiger partial charge on any atom is -0.493 e. The molecule has 0 aliphatic heterocycles. The summed E-state index contributed by atoms with van der Waals surface area (Å²) < 4.78 is 19.5. The topological polar surface area (TPSA) is 91.3 Å². The summed E-state index contributed by atoms with van der Waals surface area (Å²) in [7, 11) is 1.68. The molecule has 2 aromatic heterocycles. The third kappa shape index (κ3) is 4.17. The predicted molar refractivity (Wildman–Crippen MR) is 119 cm³/mol. The number of fused-ring (bicyclic) bond motifs is 1. The molecular formula is C24H23FN4O3. The summed E-state index contributed by atoms with van der Waals surface area (Å²) in [4.78, 5) is 19.0. The van der Waals surface area contributed by atoms with Gasteiger partial charge in [0.25, 0.3) is 5.91 Å². The van der Waals surface area contributed by atoms with Crippen LogP contribution >= 0.6 is 0 Å². The van der Waals surface area contributed by atoms with E-state index in [0.29, 0.717) is 40.3 Å². The van der Waals surface area contributed by atoms with Crippen LogP contribution in [0, 0.1) is 5.82 Å². The Labute approximate surface area is 184 Å². The van der Waals surface area contributed by atoms with Gasteiger partial charge in [-0.3, -0.25) is 14.9 Å². The largest absolute Gasteiger partial charge is 0.493 e. The molecule has 0 saturated heterocycles. The first-order valence-electron chi connectivity index (χ1n) is 10.2. The third-order valence-corrected chi connectivity index (χ3v) is 5.23. The van der Waals surface area contributed by atoms with E-state index in [1.54, 1.807) is 54.7 Å². The van der Waals surface area contributed by atoms with Crippen LogP contribution in [-0.2, 0) is 13.2 Å². The highest BCUT2D eigenvalue weighted by atomic mass is 19.1. The van der Waals surface area contributed by atoms with E-state index in [1.165, 1.54) is 12.1 Å². The van der Waals surface area contributed by atoms with E-state index in [2.05, 4.69) is 15.2 Å². The fourth-order valence-corrected chi connectivity index (χ4v) is 3.67. The van der Waals surface area contributed by atoms with Crippen LogP contribution in [0.3, 0.4) is 0 Å². The number of hydrogen-bond acceptors (Lipinski definition) is 5. The number of benzene rings is 2. The average molecular weight is 434 g/mol. The molecule has 164 valence electrons. The van der Waals surface area contributed by atoms with Gasteiger partial charge in [0.15, 0.2) is 0 Å². The normalized spacial score (nSPS) is 11.0. The number of amides is 1. The fourth-order valence-electron chi connectivity index (χ4n) is 3.67. The molecule has 0 unspecified atom stereocenters. The Morgan fingerprint density at radius 1 is 1.22 bits per heavy atom. The number of halogens is 1. The molecule has 2 aromatic carbocycles. The Balaban J connectivity index is 1.64. The number of ether oxygens (including phenoxy) is 1. The van der Waals surface area contributed by atoms with Crippen molar-refractivity contribution in [2.75, 3.05) is 13.7 Å². The number of H-pyrrole nitrogens is 1. The van der Waals surface area contributed by atoms with Gasteiger partial charge in [-0.15, -0.1) is 0 Å². The smallest absolute Gasteiger partial charge is 0.254 e. The van der Waals surface area contributed by atoms with E-state index < -0.39 is 0 Å². The van der Waals surface area contributed by atoms with Crippen molar-refractivity contribution in [1.29, 1.82) is 0 Å². The maximum atomic E-state index is 13.7. The van der Waals surface area contributed by atoms with Gasteiger partial charge in [-0.2, -0.15) is 5.10 Å². The highest BCUT2D eigenvalue weighted by Gasteiger charge is 2.19. The number of carbonyl (C=O) groups excluding carboxylic acids is 1. The third-order valence-electron chi connectivity index (χ3n) is 5.23. The summed E-state index contributed by atoms with van der Waals surface area (Å²) in [6.45, 7) is 2.24. The predicted octanol–water partition coefficient (Wildman–Crippen LogP) is 3.93. The van der Waals surface area contributed by atoms with Crippen LogP contribution in [-0.4, -0.2) is 44.7 Å². The summed E-state index contributed by atoms with van der Waals surface area (Å²) in [5, 5.41) is 17.4. The second-order valence-corrected chi connectivity index (χ2v) is 7.36. The molecule has 0 aliphatic carbocycles. The van der Waals surface area contributed by atoms with Crippen molar-refractivity contribution >= 4 is 16.8 Å². The number of aromatic nitrogens is 3. The fraction of sp³-hybridized carbons (Fsp3) is 0.208. The van der Waals surface area contributed by atoms with Crippen LogP contribution in [0.5, 0.6) is 5.75 Å². The Kier molecular flexibility index (Phi) is 6.13. The lowest BCUT2D eigenvalue weighted by molar-refractivity contribution is 0.0784. The van der Waals surface area contributed by atoms with Crippen molar-refractivity contribution in [2.24, 2.45) is 0 Å². The first-order chi connectivity index (χ1) is 15.5. The Morgan fingerprint density at radius 3 is 2.81 bits per heavy atom. The molecule has 32 heavy (non-hydrogen) atoms. The SMILES string of the molecule is CCOc1cc(C(=O)N(C)Cc2c(CO)ncc3cn[nH]c23)ccc1-c1cccc(F)c1. The molecule has 0 atom stereocenters. The lowest BCUT2D eigenvalue weighted by Gasteiger charge is -2.20. The average Bonchev–Trinajstić information content (AvgIpc) is 3.28. The number of rotatable bonds is 7. The highest BCUT2D eigenvalue weighted by molar-refractivity contribution is 5.95. The van der Waals surface area contributed by atoms with E-state index in [9.17, 15) is 14.3 Å². The molecule has 4 rings (SSSR count). The molecule has 0 radical (unpaired) electrons. The first kappa shape index (κ1) is 21.5. The van der Waals surface area contributed by atoms with Crippen molar-refractivity contribution in [3.8, 4) is 16.9 Å². The molecule has 1 amide bonds. The zero-order valence-corrected chi connectivity index (χ0v) is 17.8. The molecule has 0 spiro atoms. The number of carbonyl (C=O) groups is 1. The lowest BCUT2D eigenvalue weighted by Crippen LogP contribution is -2.27. The van der Waals surface area contributed by atoms with Crippen molar-refractivity contribution < 1.29 is 19.0 Å². The van der Waals surface area contributed by atoms with E-state index >= 15 is 0 Å². The lowest BCUT2D eigenvalue weighted by atomic mass is 10.0. The standard InChI is InChI=1S/C24H23FN4O3/c1-3-32-22-10-16(7-8-19(22)15-5-4-6-18(25)9-15)24(31)29(2)13-20-21(14-30)26-11-17-12-27-28-23(17)20/h4-12,30H,3,13-14H2,1-2H3,(H,27,28). The molecule has 0 aliphatic rings. The first-order valence-corrected chi connectivity index (χ1v) is 10.2. The molecule has 0 saturated carbocycles. The monoisotopic (exact) mass is 434 g/mol. The van der Waals surface area contributed by atoms with Crippen molar-refractivity contribution in [1.82, 2.24) is 20.1 Å². The number of hydrogen-bond donors (Lipinski definition) is 2. The minimum atomic E-state index is -0.342. The van der Waals surface area contributed by atoms with Crippen molar-refractivity contribution in [3.05, 3.63) is 77.5 Å². The number of aliphatic hydroxyl groups excluding tert-OH is 1. The molecule has 0 bridgehead atoms. The number of nitrogens with zero attached hydrogens (tertiary/aromatic N) is 3. The maximum absolute atomic E-state index is 13.7. The Morgan fingerprint density at radius 2 is 2.06 bits per heavy atom. The summed E-state index contributed by atoms with van der Waals surface area (Å²) >= 11 is 0. The molecule has 4 aromatic rings. The van der Waals surface area contributed by atoms with Gasteiger partial charge in [0.1, 0.15) is 11.6 Å². The van der Waals surface area contributed by atoms with Gasteiger partial charge in [-0.25, -0.2) is 4.39 Å². The Bertz CT molecular complexity index is 1270. The molecular weight excluding hydrogens is 411 g/mol. The summed E-state index contributed by atoms with van der Waals surface area (Å²) in [6, 6.07) is 11.4. The number of nitrogens with one attached hydrogen (secondary N) is 1. The summed E-state index contributed by atoms with van der Waals surface area (Å²) in [5.41, 5.74) is 3.74. The number of pyridine rings is 1. The maximum Gasteiger partial charge on any atom is 0.254 e. The molecule has 2 N–H and O–H groups in total. The van der Waals surface area contributed by atoms with Gasteiger partial charge in [0, 0.05) is 41.9 Å². The van der Waals surface area contributed by atoms with Crippen LogP contribution in [0.25, 0.3) is 22.0 Å². The zero-order valence-electron chi connectivity index (χ0n) is 17.8. The van der Waals surface area contributed by atoms with Gasteiger partial charge in [0.05, 0.1) is 30.6 Å². The number of aliphatic hydroxyl groups is 1. The highest BCUT2D eigenvalue weighted by Crippen LogP contribution is 2.32. The van der Waals surface area contributed by atoms with Crippen molar-refractivity contribution in [3.63, 3.8) is 0 Å². The van der Waals surface area contributed by atoms with Gasteiger partial charge in [-0.05, 0) is 42.8 Å². The van der Waals surface area contributed by atoms with Crippen LogP contribution < -0.4 is 4.74 Å². The molecule has 7 nitrogen and oxygen atoms in total. The van der Waals surface area contributed by atoms with Gasteiger partial charge >= 0.3 is 0 Å². The number of aromatic amines is 1. The van der Waals surface area contributed by atoms with Gasteiger partial charge in [0.2, 0.25) is 0 Å². The van der Waals surface area contributed by atoms with Crippen LogP contribution in [0.1, 0.15) is 28.5 Å². The van der Waals surface area contributed by atoms with Gasteiger partial charge in [-0.1, -0.05) is 12.1 Å². The van der Waals surface area contributed by atoms with E-state index in [4.69, 9.17) is 4.74 Å². The summed E-state index contributed by atoms with van der Waals surface area (Å²) in [6.07, 6.45) is 3.28. The second-order valence-electron chi connectivity index (χ2n) is 7.36. The summed E-state index contributed by atoms with van der Waals surface area (Å²) in [5.74, 6) is -0.0611. The van der Waals surface area contributed by atoms with E-state index in [0.717, 1.165) is 10.9 Å². The second kappa shape index (κ2) is 9.15. The van der Waals surface area contributed by atoms with Crippen LogP contribution in [0.4, 0.5) is 4.39 Å². The minimum absolute atomic E-state index is 0.225. The van der Waals surface area contributed by atoms with E-state index in [-0.39, 0.29) is 24.9 Å². The molecule has 8 heteroatoms. The van der Waals surface area contributed by atoms with E-state index in [1.807, 2.05) is 6.92 Å². The van der Waals surface area contributed by atoms with Crippen LogP contribution in [0.2, 0.25) is 0 Å². The zero-order chi connectivity index (χ0) is 22.7. The van der Waals surface area contributed by atoms with Gasteiger partial charge < -0.3 is 14.7 Å². The molecule has 0 fully saturated rings. The Hall–Kier alpha value is -3.78. The van der Waals surface area contributed by atoms with Crippen LogP contribution in [0.15, 0.2) is 54.9 Å².